The molecule has 0 saturated heterocycles. The van der Waals surface area contributed by atoms with Crippen molar-refractivity contribution in [3.8, 4) is 0 Å². The summed E-state index contributed by atoms with van der Waals surface area (Å²) in [5, 5.41) is 16.3. The number of carbonyl (C=O) groups excluding carboxylic acids is 2. The summed E-state index contributed by atoms with van der Waals surface area (Å²) in [6, 6.07) is 13.7. The van der Waals surface area contributed by atoms with Crippen molar-refractivity contribution in [2.75, 3.05) is 10.6 Å². The van der Waals surface area contributed by atoms with Gasteiger partial charge in [0.15, 0.2) is 0 Å². The molecule has 146 valence electrons. The maximum Gasteiger partial charge on any atom is 0.274 e. The molecule has 0 radical (unpaired) electrons. The van der Waals surface area contributed by atoms with Gasteiger partial charge in [0.25, 0.3) is 17.5 Å². The average molecular weight is 391 g/mol. The Labute approximate surface area is 166 Å². The summed E-state index contributed by atoms with van der Waals surface area (Å²) in [6.45, 7) is 3.49. The van der Waals surface area contributed by atoms with Crippen LogP contribution in [-0.2, 0) is 0 Å². The first-order valence-electron chi connectivity index (χ1n) is 8.62. The average Bonchev–Trinajstić information content (AvgIpc) is 2.69. The van der Waals surface area contributed by atoms with Gasteiger partial charge in [0.2, 0.25) is 0 Å². The Kier molecular flexibility index (Phi) is 5.59. The van der Waals surface area contributed by atoms with E-state index in [1.807, 2.05) is 0 Å². The number of pyridine rings is 2. The highest BCUT2D eigenvalue weighted by Crippen LogP contribution is 2.28. The summed E-state index contributed by atoms with van der Waals surface area (Å²) in [6.07, 6.45) is 0. The summed E-state index contributed by atoms with van der Waals surface area (Å²) in [5.41, 5.74) is 1.69. The predicted octanol–water partition coefficient (Wildman–Crippen LogP) is 3.51. The molecule has 0 unspecified atom stereocenters. The van der Waals surface area contributed by atoms with E-state index in [4.69, 9.17) is 0 Å². The predicted molar refractivity (Wildman–Crippen MR) is 107 cm³/mol. The number of nitrogens with one attached hydrogen (secondary N) is 2. The van der Waals surface area contributed by atoms with Crippen molar-refractivity contribution >= 4 is 28.9 Å². The smallest absolute Gasteiger partial charge is 0.274 e. The van der Waals surface area contributed by atoms with Crippen LogP contribution in [0.1, 0.15) is 32.4 Å². The van der Waals surface area contributed by atoms with Gasteiger partial charge in [0.05, 0.1) is 16.3 Å². The number of rotatable bonds is 5. The minimum absolute atomic E-state index is 0.0773. The molecule has 0 saturated carbocycles. The fourth-order valence-electron chi connectivity index (χ4n) is 2.57. The lowest BCUT2D eigenvalue weighted by molar-refractivity contribution is -0.384. The molecule has 9 heteroatoms. The van der Waals surface area contributed by atoms with E-state index in [-0.39, 0.29) is 28.5 Å². The number of aromatic nitrogens is 2. The van der Waals surface area contributed by atoms with Crippen LogP contribution >= 0.6 is 0 Å². The van der Waals surface area contributed by atoms with Crippen molar-refractivity contribution in [3.05, 3.63) is 87.5 Å². The van der Waals surface area contributed by atoms with Crippen LogP contribution in [0.3, 0.4) is 0 Å². The molecule has 0 aliphatic rings. The highest BCUT2D eigenvalue weighted by Gasteiger charge is 2.17. The Balaban J connectivity index is 1.91. The number of carbonyl (C=O) groups is 2. The molecular formula is C20H17N5O4. The second-order valence-electron chi connectivity index (χ2n) is 6.22. The molecule has 0 fully saturated rings. The van der Waals surface area contributed by atoms with Gasteiger partial charge in [-0.1, -0.05) is 12.1 Å². The third-order valence-electron chi connectivity index (χ3n) is 3.95. The fraction of sp³-hybridized carbons (Fsp3) is 0.100. The summed E-state index contributed by atoms with van der Waals surface area (Å²) in [7, 11) is 0. The van der Waals surface area contributed by atoms with Crippen LogP contribution in [-0.4, -0.2) is 26.7 Å². The number of nitro benzene ring substituents is 1. The Hall–Kier alpha value is -4.14. The second-order valence-corrected chi connectivity index (χ2v) is 6.22. The zero-order chi connectivity index (χ0) is 21.0. The molecule has 1 aromatic carbocycles. The summed E-state index contributed by atoms with van der Waals surface area (Å²) >= 11 is 0. The van der Waals surface area contributed by atoms with Crippen LogP contribution in [0.4, 0.5) is 17.1 Å². The highest BCUT2D eigenvalue weighted by molar-refractivity contribution is 6.09. The minimum Gasteiger partial charge on any atom is -0.319 e. The van der Waals surface area contributed by atoms with Crippen molar-refractivity contribution in [1.82, 2.24) is 9.97 Å². The van der Waals surface area contributed by atoms with E-state index in [9.17, 15) is 19.7 Å². The molecule has 9 nitrogen and oxygen atoms in total. The maximum atomic E-state index is 12.5. The van der Waals surface area contributed by atoms with Crippen LogP contribution in [0.5, 0.6) is 0 Å². The third kappa shape index (κ3) is 4.78. The number of hydrogen-bond acceptors (Lipinski definition) is 6. The van der Waals surface area contributed by atoms with E-state index in [1.54, 1.807) is 44.2 Å². The quantitative estimate of drug-likeness (QED) is 0.506. The van der Waals surface area contributed by atoms with Gasteiger partial charge in [-0.25, -0.2) is 9.97 Å². The van der Waals surface area contributed by atoms with Gasteiger partial charge in [0, 0.05) is 23.5 Å². The van der Waals surface area contributed by atoms with Gasteiger partial charge in [-0.2, -0.15) is 0 Å². The third-order valence-corrected chi connectivity index (χ3v) is 3.95. The van der Waals surface area contributed by atoms with Crippen LogP contribution < -0.4 is 10.6 Å². The van der Waals surface area contributed by atoms with E-state index in [2.05, 4.69) is 20.6 Å². The lowest BCUT2D eigenvalue weighted by atomic mass is 10.2. The van der Waals surface area contributed by atoms with E-state index >= 15 is 0 Å². The Bertz CT molecular complexity index is 1110. The topological polar surface area (TPSA) is 127 Å². The molecule has 2 N–H and O–H groups in total. The first-order valence-corrected chi connectivity index (χ1v) is 8.62. The SMILES string of the molecule is Cc1cccc(C(=O)Nc2ccc([N+](=O)[O-])cc2NC(=O)c2cccc(C)n2)n1. The molecule has 0 aliphatic heterocycles. The first kappa shape index (κ1) is 19.6. The molecule has 2 heterocycles. The van der Waals surface area contributed by atoms with Crippen molar-refractivity contribution in [2.24, 2.45) is 0 Å². The number of anilines is 2. The van der Waals surface area contributed by atoms with Gasteiger partial charge >= 0.3 is 0 Å². The molecule has 2 aromatic heterocycles. The van der Waals surface area contributed by atoms with Crippen molar-refractivity contribution in [2.45, 2.75) is 13.8 Å². The molecule has 0 spiro atoms. The number of nitrogens with zero attached hydrogens (tertiary/aromatic N) is 3. The number of benzene rings is 1. The van der Waals surface area contributed by atoms with Gasteiger partial charge in [-0.15, -0.1) is 0 Å². The molecule has 0 aliphatic carbocycles. The molecule has 0 bridgehead atoms. The van der Waals surface area contributed by atoms with Crippen molar-refractivity contribution < 1.29 is 14.5 Å². The molecular weight excluding hydrogens is 374 g/mol. The lowest BCUT2D eigenvalue weighted by Crippen LogP contribution is -2.18. The Morgan fingerprint density at radius 3 is 1.83 bits per heavy atom. The zero-order valence-corrected chi connectivity index (χ0v) is 15.7. The normalized spacial score (nSPS) is 10.3. The minimum atomic E-state index is -0.589. The van der Waals surface area contributed by atoms with Gasteiger partial charge in [0.1, 0.15) is 11.4 Å². The molecule has 3 aromatic rings. The maximum absolute atomic E-state index is 12.5. The van der Waals surface area contributed by atoms with Crippen LogP contribution in [0, 0.1) is 24.0 Å². The van der Waals surface area contributed by atoms with Gasteiger partial charge in [-0.3, -0.25) is 19.7 Å². The van der Waals surface area contributed by atoms with E-state index in [0.29, 0.717) is 11.4 Å². The van der Waals surface area contributed by atoms with Crippen LogP contribution in [0.15, 0.2) is 54.6 Å². The summed E-state index contributed by atoms with van der Waals surface area (Å²) in [5.74, 6) is -1.06. The fourth-order valence-corrected chi connectivity index (χ4v) is 2.57. The van der Waals surface area contributed by atoms with Crippen molar-refractivity contribution in [1.29, 1.82) is 0 Å². The zero-order valence-electron chi connectivity index (χ0n) is 15.7. The lowest BCUT2D eigenvalue weighted by Gasteiger charge is -2.12. The monoisotopic (exact) mass is 391 g/mol. The van der Waals surface area contributed by atoms with Gasteiger partial charge in [-0.05, 0) is 44.2 Å². The van der Waals surface area contributed by atoms with Gasteiger partial charge < -0.3 is 10.6 Å². The molecule has 29 heavy (non-hydrogen) atoms. The van der Waals surface area contributed by atoms with Crippen LogP contribution in [0.2, 0.25) is 0 Å². The Morgan fingerprint density at radius 2 is 1.34 bits per heavy atom. The second kappa shape index (κ2) is 8.26. The standard InChI is InChI=1S/C20H17N5O4/c1-12-5-3-7-16(21-12)19(26)23-15-10-9-14(25(28)29)11-18(15)24-20(27)17-8-4-6-13(2)22-17/h3-11H,1-2H3,(H,23,26)(H,24,27). The molecule has 0 atom stereocenters. The van der Waals surface area contributed by atoms with E-state index in [1.165, 1.54) is 24.3 Å². The van der Waals surface area contributed by atoms with Crippen molar-refractivity contribution in [3.63, 3.8) is 0 Å². The largest absolute Gasteiger partial charge is 0.319 e. The Morgan fingerprint density at radius 1 is 0.828 bits per heavy atom. The summed E-state index contributed by atoms with van der Waals surface area (Å²) in [4.78, 5) is 43.9. The van der Waals surface area contributed by atoms with E-state index < -0.39 is 16.7 Å². The highest BCUT2D eigenvalue weighted by atomic mass is 16.6. The number of amides is 2. The van der Waals surface area contributed by atoms with Crippen LogP contribution in [0.25, 0.3) is 0 Å². The van der Waals surface area contributed by atoms with E-state index in [0.717, 1.165) is 0 Å². The number of nitro groups is 1. The molecule has 3 rings (SSSR count). The first-order chi connectivity index (χ1) is 13.8. The molecule has 2 amide bonds. The number of hydrogen-bond donors (Lipinski definition) is 2. The number of aryl methyl sites for hydroxylation is 2. The summed E-state index contributed by atoms with van der Waals surface area (Å²) < 4.78 is 0. The number of non-ortho nitro benzene ring substituents is 1.